The average Bonchev–Trinajstić information content (AvgIpc) is 3.21. The Balaban J connectivity index is 1.31. The van der Waals surface area contributed by atoms with Gasteiger partial charge in [0.25, 0.3) is 0 Å². The maximum absolute atomic E-state index is 12.6. The Morgan fingerprint density at radius 1 is 0.862 bits per heavy atom. The molecule has 2 aromatic rings. The van der Waals surface area contributed by atoms with Gasteiger partial charge < -0.3 is 15.1 Å². The van der Waals surface area contributed by atoms with Gasteiger partial charge >= 0.3 is 0 Å². The monoisotopic (exact) mass is 390 g/mol. The van der Waals surface area contributed by atoms with Gasteiger partial charge in [-0.05, 0) is 48.9 Å². The van der Waals surface area contributed by atoms with Gasteiger partial charge in [0.05, 0.1) is 0 Å². The predicted octanol–water partition coefficient (Wildman–Crippen LogP) is 4.26. The molecule has 2 aliphatic rings. The van der Waals surface area contributed by atoms with Gasteiger partial charge in [0, 0.05) is 44.8 Å². The van der Waals surface area contributed by atoms with E-state index in [1.807, 2.05) is 35.2 Å². The summed E-state index contributed by atoms with van der Waals surface area (Å²) < 4.78 is 0. The molecule has 4 rings (SSSR count). The average molecular weight is 391 g/mol. The van der Waals surface area contributed by atoms with Crippen LogP contribution in [0.3, 0.4) is 0 Å². The van der Waals surface area contributed by atoms with E-state index in [0.29, 0.717) is 13.0 Å². The highest BCUT2D eigenvalue weighted by Crippen LogP contribution is 2.23. The molecule has 0 aliphatic carbocycles. The quantitative estimate of drug-likeness (QED) is 0.471. The fourth-order valence-corrected chi connectivity index (χ4v) is 4.06. The van der Waals surface area contributed by atoms with Gasteiger partial charge in [-0.15, -0.1) is 0 Å². The van der Waals surface area contributed by atoms with E-state index in [9.17, 15) is 4.79 Å². The van der Waals surface area contributed by atoms with E-state index < -0.39 is 0 Å². The van der Waals surface area contributed by atoms with E-state index in [0.717, 1.165) is 44.2 Å². The van der Waals surface area contributed by atoms with Crippen LogP contribution >= 0.6 is 0 Å². The van der Waals surface area contributed by atoms with E-state index in [4.69, 9.17) is 4.99 Å². The molecule has 0 radical (unpaired) electrons. The Kier molecular flexibility index (Phi) is 6.45. The summed E-state index contributed by atoms with van der Waals surface area (Å²) in [5.41, 5.74) is 3.61. The number of anilines is 1. The molecule has 2 heterocycles. The van der Waals surface area contributed by atoms with Crippen LogP contribution in [0.2, 0.25) is 0 Å². The number of likely N-dealkylation sites (tertiary alicyclic amines) is 1. The topological polar surface area (TPSA) is 47.9 Å². The molecule has 0 unspecified atom stereocenters. The van der Waals surface area contributed by atoms with Crippen LogP contribution in [0.15, 0.2) is 59.6 Å². The van der Waals surface area contributed by atoms with Gasteiger partial charge in [0.1, 0.15) is 0 Å². The van der Waals surface area contributed by atoms with Gasteiger partial charge in [-0.2, -0.15) is 0 Å². The molecule has 0 saturated carbocycles. The van der Waals surface area contributed by atoms with Gasteiger partial charge in [0.15, 0.2) is 5.96 Å². The Morgan fingerprint density at radius 3 is 2.21 bits per heavy atom. The van der Waals surface area contributed by atoms with Gasteiger partial charge in [0.2, 0.25) is 5.91 Å². The number of hydrogen-bond donors (Lipinski definition) is 1. The molecule has 1 N–H and O–H groups in total. The van der Waals surface area contributed by atoms with Crippen LogP contribution in [0.5, 0.6) is 0 Å². The minimum Gasteiger partial charge on any atom is -0.343 e. The van der Waals surface area contributed by atoms with Gasteiger partial charge in [-0.3, -0.25) is 9.79 Å². The lowest BCUT2D eigenvalue weighted by Gasteiger charge is -2.30. The number of amides is 1. The number of nitrogens with one attached hydrogen (secondary N) is 1. The number of nitrogens with zero attached hydrogens (tertiary/aromatic N) is 3. The summed E-state index contributed by atoms with van der Waals surface area (Å²) in [6, 6.07) is 18.5. The molecule has 5 nitrogen and oxygen atoms in total. The third-order valence-electron chi connectivity index (χ3n) is 5.69. The summed E-state index contributed by atoms with van der Waals surface area (Å²) in [4.78, 5) is 21.7. The van der Waals surface area contributed by atoms with E-state index in [1.54, 1.807) is 0 Å². The standard InChI is InChI=1S/C24H30N4O/c29-23(28-18-20-10-5-6-11-21(20)19-28)14-9-15-25-24(27-16-7-2-8-17-27)26-22-12-3-1-4-13-22/h1,3-6,10-13H,2,7-9,14-19H2,(H,25,26). The van der Waals surface area contributed by atoms with Crippen molar-refractivity contribution in [2.75, 3.05) is 25.0 Å². The fourth-order valence-electron chi connectivity index (χ4n) is 4.06. The zero-order valence-corrected chi connectivity index (χ0v) is 17.0. The summed E-state index contributed by atoms with van der Waals surface area (Å²) in [5.74, 6) is 1.17. The van der Waals surface area contributed by atoms with E-state index >= 15 is 0 Å². The predicted molar refractivity (Wildman–Crippen MR) is 118 cm³/mol. The molecule has 0 spiro atoms. The summed E-state index contributed by atoms with van der Waals surface area (Å²) >= 11 is 0. The molecule has 0 bridgehead atoms. The number of carbonyl (C=O) groups excluding carboxylic acids is 1. The van der Waals surface area contributed by atoms with Crippen molar-refractivity contribution in [1.82, 2.24) is 9.80 Å². The van der Waals surface area contributed by atoms with Crippen molar-refractivity contribution in [2.24, 2.45) is 4.99 Å². The van der Waals surface area contributed by atoms with Crippen molar-refractivity contribution < 1.29 is 4.79 Å². The highest BCUT2D eigenvalue weighted by molar-refractivity contribution is 5.93. The largest absolute Gasteiger partial charge is 0.343 e. The summed E-state index contributed by atoms with van der Waals surface area (Å²) in [5, 5.41) is 3.48. The third kappa shape index (κ3) is 5.17. The molecule has 1 saturated heterocycles. The molecule has 0 aromatic heterocycles. The molecule has 2 aromatic carbocycles. The lowest BCUT2D eigenvalue weighted by molar-refractivity contribution is -0.131. The van der Waals surface area contributed by atoms with Crippen LogP contribution < -0.4 is 5.32 Å². The lowest BCUT2D eigenvalue weighted by Crippen LogP contribution is -2.40. The van der Waals surface area contributed by atoms with Gasteiger partial charge in [-0.1, -0.05) is 42.5 Å². The van der Waals surface area contributed by atoms with Crippen molar-refractivity contribution >= 4 is 17.6 Å². The van der Waals surface area contributed by atoms with Crippen LogP contribution in [0.4, 0.5) is 5.69 Å². The third-order valence-corrected chi connectivity index (χ3v) is 5.69. The molecule has 0 atom stereocenters. The van der Waals surface area contributed by atoms with Gasteiger partial charge in [-0.25, -0.2) is 0 Å². The van der Waals surface area contributed by atoms with E-state index in [-0.39, 0.29) is 5.91 Å². The number of piperidine rings is 1. The second-order valence-electron chi connectivity index (χ2n) is 7.87. The molecule has 1 fully saturated rings. The lowest BCUT2D eigenvalue weighted by atomic mass is 10.1. The van der Waals surface area contributed by atoms with Crippen LogP contribution in [0.1, 0.15) is 43.2 Å². The zero-order chi connectivity index (χ0) is 19.9. The number of hydrogen-bond acceptors (Lipinski definition) is 2. The molecule has 1 amide bonds. The molecular weight excluding hydrogens is 360 g/mol. The van der Waals surface area contributed by atoms with Crippen molar-refractivity contribution in [2.45, 2.75) is 45.2 Å². The number of rotatable bonds is 5. The van der Waals surface area contributed by atoms with Crippen molar-refractivity contribution in [1.29, 1.82) is 0 Å². The maximum atomic E-state index is 12.6. The van der Waals surface area contributed by atoms with Crippen LogP contribution in [-0.4, -0.2) is 41.3 Å². The molecule has 2 aliphatic heterocycles. The number of fused-ring (bicyclic) bond motifs is 1. The SMILES string of the molecule is O=C(CCCN=C(Nc1ccccc1)N1CCCCC1)N1Cc2ccccc2C1. The fraction of sp³-hybridized carbons (Fsp3) is 0.417. The van der Waals surface area contributed by atoms with Crippen molar-refractivity contribution in [3.05, 3.63) is 65.7 Å². The smallest absolute Gasteiger partial charge is 0.223 e. The number of aliphatic imine (C=N–C) groups is 1. The van der Waals surface area contributed by atoms with Crippen molar-refractivity contribution in [3.8, 4) is 0 Å². The normalized spacial score (nSPS) is 16.6. The first kappa shape index (κ1) is 19.5. The summed E-state index contributed by atoms with van der Waals surface area (Å²) in [6.45, 7) is 4.24. The number of guanidine groups is 1. The van der Waals surface area contributed by atoms with Crippen LogP contribution in [-0.2, 0) is 17.9 Å². The first-order chi connectivity index (χ1) is 14.3. The zero-order valence-electron chi connectivity index (χ0n) is 17.0. The second-order valence-corrected chi connectivity index (χ2v) is 7.87. The Morgan fingerprint density at radius 2 is 1.52 bits per heavy atom. The maximum Gasteiger partial charge on any atom is 0.223 e. The molecular formula is C24H30N4O. The molecule has 5 heteroatoms. The first-order valence-corrected chi connectivity index (χ1v) is 10.8. The molecule has 29 heavy (non-hydrogen) atoms. The number of para-hydroxylation sites is 1. The van der Waals surface area contributed by atoms with E-state index in [2.05, 4.69) is 34.5 Å². The van der Waals surface area contributed by atoms with Crippen LogP contribution in [0.25, 0.3) is 0 Å². The number of carbonyl (C=O) groups is 1. The van der Waals surface area contributed by atoms with E-state index in [1.165, 1.54) is 30.4 Å². The van der Waals surface area contributed by atoms with Crippen LogP contribution in [0, 0.1) is 0 Å². The Hall–Kier alpha value is -2.82. The Labute approximate surface area is 173 Å². The number of benzene rings is 2. The highest BCUT2D eigenvalue weighted by Gasteiger charge is 2.22. The minimum atomic E-state index is 0.229. The van der Waals surface area contributed by atoms with Crippen molar-refractivity contribution in [3.63, 3.8) is 0 Å². The second kappa shape index (κ2) is 9.59. The Bertz CT molecular complexity index is 818. The highest BCUT2D eigenvalue weighted by atomic mass is 16.2. The summed E-state index contributed by atoms with van der Waals surface area (Å²) in [7, 11) is 0. The first-order valence-electron chi connectivity index (χ1n) is 10.8. The minimum absolute atomic E-state index is 0.229. The summed E-state index contributed by atoms with van der Waals surface area (Å²) in [6.07, 6.45) is 5.05. The molecule has 152 valence electrons.